The van der Waals surface area contributed by atoms with Gasteiger partial charge in [0.2, 0.25) is 0 Å². The summed E-state index contributed by atoms with van der Waals surface area (Å²) in [7, 11) is 1.94. The molecule has 0 aliphatic heterocycles. The maximum absolute atomic E-state index is 4.57. The maximum atomic E-state index is 4.57. The Morgan fingerprint density at radius 1 is 1.41 bits per heavy atom. The van der Waals surface area contributed by atoms with Gasteiger partial charge in [0.1, 0.15) is 5.01 Å². The minimum atomic E-state index is 0.853. The number of rotatable bonds is 5. The van der Waals surface area contributed by atoms with Gasteiger partial charge in [-0.25, -0.2) is 4.98 Å². The van der Waals surface area contributed by atoms with Crippen molar-refractivity contribution in [3.63, 3.8) is 0 Å². The first-order valence-electron chi connectivity index (χ1n) is 5.55. The minimum Gasteiger partial charge on any atom is -0.314 e. The molecular weight excluding hydrogens is 248 g/mol. The van der Waals surface area contributed by atoms with Crippen molar-refractivity contribution < 1.29 is 0 Å². The Morgan fingerprint density at radius 2 is 2.29 bits per heavy atom. The van der Waals surface area contributed by atoms with Gasteiger partial charge in [-0.2, -0.15) is 0 Å². The highest BCUT2D eigenvalue weighted by Gasteiger charge is 2.02. The third-order valence-electron chi connectivity index (χ3n) is 2.31. The summed E-state index contributed by atoms with van der Waals surface area (Å²) < 4.78 is 0. The summed E-state index contributed by atoms with van der Waals surface area (Å²) in [5, 5.41) is 6.44. The minimum absolute atomic E-state index is 0.853. The van der Waals surface area contributed by atoms with Gasteiger partial charge in [-0.15, -0.1) is 23.1 Å². The Kier molecular flexibility index (Phi) is 4.59. The second-order valence-corrected chi connectivity index (χ2v) is 5.86. The van der Waals surface area contributed by atoms with Crippen molar-refractivity contribution in [1.82, 2.24) is 10.3 Å². The van der Waals surface area contributed by atoms with Crippen molar-refractivity contribution >= 4 is 23.1 Å². The van der Waals surface area contributed by atoms with E-state index in [1.807, 2.05) is 18.8 Å². The SMILES string of the molecule is CNCc1csc(CSc2cccc(C)c2)n1. The first-order chi connectivity index (χ1) is 8.28. The van der Waals surface area contributed by atoms with Crippen molar-refractivity contribution in [3.05, 3.63) is 45.9 Å². The van der Waals surface area contributed by atoms with E-state index in [-0.39, 0.29) is 0 Å². The Balaban J connectivity index is 1.93. The van der Waals surface area contributed by atoms with E-state index in [2.05, 4.69) is 46.9 Å². The summed E-state index contributed by atoms with van der Waals surface area (Å²) in [6.45, 7) is 2.98. The summed E-state index contributed by atoms with van der Waals surface area (Å²) in [5.41, 5.74) is 2.45. The second-order valence-electron chi connectivity index (χ2n) is 3.87. The molecular formula is C13H16N2S2. The van der Waals surface area contributed by atoms with Crippen LogP contribution >= 0.6 is 23.1 Å². The highest BCUT2D eigenvalue weighted by Crippen LogP contribution is 2.25. The third-order valence-corrected chi connectivity index (χ3v) is 4.39. The van der Waals surface area contributed by atoms with Crippen LogP contribution in [0.15, 0.2) is 34.5 Å². The monoisotopic (exact) mass is 264 g/mol. The molecule has 0 bridgehead atoms. The normalized spacial score (nSPS) is 10.7. The predicted octanol–water partition coefficient (Wildman–Crippen LogP) is 3.46. The van der Waals surface area contributed by atoms with E-state index in [4.69, 9.17) is 0 Å². The molecule has 1 aromatic heterocycles. The Labute approximate surface area is 110 Å². The molecule has 2 aromatic rings. The van der Waals surface area contributed by atoms with Gasteiger partial charge >= 0.3 is 0 Å². The van der Waals surface area contributed by atoms with E-state index in [0.29, 0.717) is 0 Å². The molecule has 1 N–H and O–H groups in total. The fourth-order valence-electron chi connectivity index (χ4n) is 1.53. The third kappa shape index (κ3) is 3.84. The molecule has 0 atom stereocenters. The molecule has 0 radical (unpaired) electrons. The van der Waals surface area contributed by atoms with Crippen LogP contribution in [0.3, 0.4) is 0 Å². The fraction of sp³-hybridized carbons (Fsp3) is 0.308. The number of aryl methyl sites for hydroxylation is 1. The summed E-state index contributed by atoms with van der Waals surface area (Å²) in [5.74, 6) is 0.956. The molecule has 0 aliphatic rings. The van der Waals surface area contributed by atoms with Gasteiger partial charge in [-0.1, -0.05) is 17.7 Å². The van der Waals surface area contributed by atoms with Crippen molar-refractivity contribution in [2.45, 2.75) is 24.1 Å². The van der Waals surface area contributed by atoms with E-state index >= 15 is 0 Å². The van der Waals surface area contributed by atoms with Crippen LogP contribution in [-0.2, 0) is 12.3 Å². The predicted molar refractivity (Wildman–Crippen MR) is 75.6 cm³/mol. The molecule has 0 fully saturated rings. The topological polar surface area (TPSA) is 24.9 Å². The Hall–Kier alpha value is -0.840. The van der Waals surface area contributed by atoms with Crippen molar-refractivity contribution in [2.75, 3.05) is 7.05 Å². The molecule has 2 nitrogen and oxygen atoms in total. The van der Waals surface area contributed by atoms with Gasteiger partial charge in [0.15, 0.2) is 0 Å². The summed E-state index contributed by atoms with van der Waals surface area (Å²) in [6, 6.07) is 8.59. The molecule has 17 heavy (non-hydrogen) atoms. The number of benzene rings is 1. The first-order valence-corrected chi connectivity index (χ1v) is 7.42. The molecule has 0 saturated heterocycles. The standard InChI is InChI=1S/C13H16N2S2/c1-10-4-3-5-12(6-10)16-9-13-15-11(7-14-2)8-17-13/h3-6,8,14H,7,9H2,1-2H3. The molecule has 2 rings (SSSR count). The number of nitrogens with zero attached hydrogens (tertiary/aromatic N) is 1. The Bertz CT molecular complexity index is 480. The van der Waals surface area contributed by atoms with Crippen LogP contribution in [0.5, 0.6) is 0 Å². The van der Waals surface area contributed by atoms with Gasteiger partial charge < -0.3 is 5.32 Å². The van der Waals surface area contributed by atoms with E-state index in [9.17, 15) is 0 Å². The number of thioether (sulfide) groups is 1. The fourth-order valence-corrected chi connectivity index (χ4v) is 3.35. The summed E-state index contributed by atoms with van der Waals surface area (Å²) in [4.78, 5) is 5.89. The van der Waals surface area contributed by atoms with E-state index in [0.717, 1.165) is 18.0 Å². The quantitative estimate of drug-likeness (QED) is 0.837. The average Bonchev–Trinajstić information content (AvgIpc) is 2.75. The van der Waals surface area contributed by atoms with Crippen molar-refractivity contribution in [2.24, 2.45) is 0 Å². The van der Waals surface area contributed by atoms with Crippen LogP contribution in [0.1, 0.15) is 16.3 Å². The number of hydrogen-bond acceptors (Lipinski definition) is 4. The van der Waals surface area contributed by atoms with E-state index < -0.39 is 0 Å². The van der Waals surface area contributed by atoms with Crippen LogP contribution in [0.25, 0.3) is 0 Å². The molecule has 0 spiro atoms. The number of aromatic nitrogens is 1. The zero-order valence-electron chi connectivity index (χ0n) is 10.1. The summed E-state index contributed by atoms with van der Waals surface area (Å²) >= 11 is 3.59. The maximum Gasteiger partial charge on any atom is 0.103 e. The lowest BCUT2D eigenvalue weighted by Crippen LogP contribution is -2.05. The molecule has 90 valence electrons. The van der Waals surface area contributed by atoms with Gasteiger partial charge in [-0.05, 0) is 26.1 Å². The largest absolute Gasteiger partial charge is 0.314 e. The highest BCUT2D eigenvalue weighted by molar-refractivity contribution is 7.98. The molecule has 1 aromatic carbocycles. The first kappa shape index (κ1) is 12.6. The smallest absolute Gasteiger partial charge is 0.103 e. The second kappa shape index (κ2) is 6.19. The van der Waals surface area contributed by atoms with Crippen LogP contribution < -0.4 is 5.32 Å². The average molecular weight is 264 g/mol. The van der Waals surface area contributed by atoms with Crippen molar-refractivity contribution in [1.29, 1.82) is 0 Å². The van der Waals surface area contributed by atoms with Gasteiger partial charge in [0, 0.05) is 16.8 Å². The lowest BCUT2D eigenvalue weighted by molar-refractivity contribution is 0.794. The Morgan fingerprint density at radius 3 is 3.06 bits per heavy atom. The van der Waals surface area contributed by atoms with Gasteiger partial charge in [-0.3, -0.25) is 0 Å². The summed E-state index contributed by atoms with van der Waals surface area (Å²) in [6.07, 6.45) is 0. The van der Waals surface area contributed by atoms with E-state index in [1.54, 1.807) is 11.3 Å². The van der Waals surface area contributed by atoms with Crippen LogP contribution in [-0.4, -0.2) is 12.0 Å². The number of thiazole rings is 1. The lowest BCUT2D eigenvalue weighted by atomic mass is 10.2. The van der Waals surface area contributed by atoms with Crippen LogP contribution in [0.4, 0.5) is 0 Å². The zero-order valence-corrected chi connectivity index (χ0v) is 11.7. The van der Waals surface area contributed by atoms with Crippen LogP contribution in [0, 0.1) is 6.92 Å². The van der Waals surface area contributed by atoms with Gasteiger partial charge in [0.25, 0.3) is 0 Å². The van der Waals surface area contributed by atoms with E-state index in [1.165, 1.54) is 15.5 Å². The highest BCUT2D eigenvalue weighted by atomic mass is 32.2. The van der Waals surface area contributed by atoms with Crippen LogP contribution in [0.2, 0.25) is 0 Å². The van der Waals surface area contributed by atoms with Gasteiger partial charge in [0.05, 0.1) is 11.4 Å². The molecule has 0 amide bonds. The van der Waals surface area contributed by atoms with Crippen molar-refractivity contribution in [3.8, 4) is 0 Å². The molecule has 0 saturated carbocycles. The zero-order chi connectivity index (χ0) is 12.1. The number of nitrogens with one attached hydrogen (secondary N) is 1. The number of hydrogen-bond donors (Lipinski definition) is 1. The molecule has 4 heteroatoms. The molecule has 0 unspecified atom stereocenters. The lowest BCUT2D eigenvalue weighted by Gasteiger charge is -2.00. The molecule has 1 heterocycles. The molecule has 0 aliphatic carbocycles.